The average Bonchev–Trinajstić information content (AvgIpc) is 2.86. The molecule has 0 fully saturated rings. The summed E-state index contributed by atoms with van der Waals surface area (Å²) < 4.78 is 0. The van der Waals surface area contributed by atoms with Crippen LogP contribution in [-0.2, 0) is 14.4 Å². The Morgan fingerprint density at radius 2 is 1.46 bits per heavy atom. The highest BCUT2D eigenvalue weighted by atomic mass is 33.1. The predicted octanol–water partition coefficient (Wildman–Crippen LogP) is 0.780. The fraction of sp³-hybridized carbons (Fsp3) is 0.833. The van der Waals surface area contributed by atoms with Crippen LogP contribution >= 0.6 is 21.6 Å². The lowest BCUT2D eigenvalue weighted by Gasteiger charge is -2.16. The molecule has 0 bridgehead atoms. The van der Waals surface area contributed by atoms with Crippen molar-refractivity contribution >= 4 is 45.3 Å². The van der Waals surface area contributed by atoms with E-state index in [2.05, 4.69) is 25.8 Å². The fourth-order valence-corrected chi connectivity index (χ4v) is 5.06. The van der Waals surface area contributed by atoms with Crippen LogP contribution in [-0.4, -0.2) is 92.4 Å². The van der Waals surface area contributed by atoms with Gasteiger partial charge in [-0.05, 0) is 45.7 Å². The fourth-order valence-electron chi connectivity index (χ4n) is 3.24. The first-order chi connectivity index (χ1) is 17.8. The molecule has 0 aliphatic heterocycles. The van der Waals surface area contributed by atoms with E-state index in [4.69, 9.17) is 17.2 Å². The van der Waals surface area contributed by atoms with Gasteiger partial charge < -0.3 is 38.1 Å². The lowest BCUT2D eigenvalue weighted by Crippen LogP contribution is -2.41. The summed E-state index contributed by atoms with van der Waals surface area (Å²) in [6.45, 7) is 6.12. The lowest BCUT2D eigenvalue weighted by atomic mass is 10.1. The zero-order chi connectivity index (χ0) is 27.7. The Bertz CT molecular complexity index is 651. The summed E-state index contributed by atoms with van der Waals surface area (Å²) in [6, 6.07) is -0.534. The van der Waals surface area contributed by atoms with Gasteiger partial charge in [0.2, 0.25) is 17.7 Å². The van der Waals surface area contributed by atoms with Crippen molar-refractivity contribution < 1.29 is 14.4 Å². The van der Waals surface area contributed by atoms with Crippen molar-refractivity contribution in [2.75, 3.05) is 57.8 Å². The molecule has 3 amide bonds. The zero-order valence-corrected chi connectivity index (χ0v) is 24.4. The van der Waals surface area contributed by atoms with E-state index in [0.29, 0.717) is 51.9 Å². The third kappa shape index (κ3) is 24.4. The molecule has 0 heterocycles. The van der Waals surface area contributed by atoms with E-state index in [9.17, 15) is 14.4 Å². The maximum Gasteiger partial charge on any atom is 0.236 e. The molecular formula is C24H50N8O3S2. The summed E-state index contributed by atoms with van der Waals surface area (Å²) in [5, 5.41) is 8.73. The topological polar surface area (TPSA) is 181 Å². The number of carbonyl (C=O) groups excluding carboxylic acids is 3. The van der Waals surface area contributed by atoms with E-state index in [1.54, 1.807) is 21.6 Å². The summed E-state index contributed by atoms with van der Waals surface area (Å²) in [6.07, 6.45) is 7.26. The zero-order valence-electron chi connectivity index (χ0n) is 22.8. The van der Waals surface area contributed by atoms with E-state index in [-0.39, 0.29) is 23.7 Å². The number of amides is 3. The molecule has 0 rings (SSSR count). The molecular weight excluding hydrogens is 512 g/mol. The number of carbonyl (C=O) groups is 3. The van der Waals surface area contributed by atoms with Gasteiger partial charge in [0, 0.05) is 57.1 Å². The minimum atomic E-state index is -0.534. The maximum atomic E-state index is 12.0. The molecule has 11 nitrogen and oxygen atoms in total. The van der Waals surface area contributed by atoms with E-state index < -0.39 is 6.04 Å². The molecule has 216 valence electrons. The van der Waals surface area contributed by atoms with E-state index in [1.807, 2.05) is 14.0 Å². The molecule has 0 aliphatic carbocycles. The van der Waals surface area contributed by atoms with Crippen LogP contribution in [0.15, 0.2) is 4.99 Å². The van der Waals surface area contributed by atoms with Crippen LogP contribution in [0.25, 0.3) is 0 Å². The van der Waals surface area contributed by atoms with E-state index >= 15 is 0 Å². The van der Waals surface area contributed by atoms with E-state index in [1.165, 1.54) is 0 Å². The molecule has 0 aromatic heterocycles. The Balaban J connectivity index is 3.54. The highest BCUT2D eigenvalue weighted by Crippen LogP contribution is 2.19. The lowest BCUT2D eigenvalue weighted by molar-refractivity contribution is -0.123. The normalized spacial score (nSPS) is 11.7. The van der Waals surface area contributed by atoms with Crippen molar-refractivity contribution in [1.82, 2.24) is 20.9 Å². The van der Waals surface area contributed by atoms with Crippen LogP contribution in [0.2, 0.25) is 0 Å². The Kier molecular flexibility index (Phi) is 23.5. The molecule has 1 atom stereocenters. The molecule has 0 unspecified atom stereocenters. The van der Waals surface area contributed by atoms with Crippen LogP contribution in [0, 0.1) is 0 Å². The molecule has 0 aliphatic rings. The largest absolute Gasteiger partial charge is 0.370 e. The van der Waals surface area contributed by atoms with E-state index in [0.717, 1.165) is 56.7 Å². The number of guanidine groups is 1. The first kappa shape index (κ1) is 35.3. The molecule has 13 heteroatoms. The van der Waals surface area contributed by atoms with Gasteiger partial charge in [0.15, 0.2) is 5.96 Å². The quantitative estimate of drug-likeness (QED) is 0.0429. The summed E-state index contributed by atoms with van der Waals surface area (Å²) in [5.74, 6) is 1.82. The maximum absolute atomic E-state index is 12.0. The molecule has 0 spiro atoms. The Morgan fingerprint density at radius 1 is 0.838 bits per heavy atom. The van der Waals surface area contributed by atoms with Gasteiger partial charge in [-0.2, -0.15) is 0 Å². The van der Waals surface area contributed by atoms with Gasteiger partial charge in [-0.25, -0.2) is 0 Å². The molecule has 0 aromatic rings. The van der Waals surface area contributed by atoms with Crippen LogP contribution in [0.3, 0.4) is 0 Å². The number of nitrogens with one attached hydrogen (secondary N) is 3. The number of nitrogens with zero attached hydrogens (tertiary/aromatic N) is 2. The second-order valence-corrected chi connectivity index (χ2v) is 11.6. The number of nitrogens with two attached hydrogens (primary N) is 3. The number of aliphatic imine (C=N–C) groups is 1. The number of unbranched alkanes of at least 4 members (excludes halogenated alkanes) is 3. The third-order valence-corrected chi connectivity index (χ3v) is 7.77. The van der Waals surface area contributed by atoms with Crippen molar-refractivity contribution in [2.45, 2.75) is 70.8 Å². The molecule has 0 saturated heterocycles. The third-order valence-electron chi connectivity index (χ3n) is 5.37. The molecule has 9 N–H and O–H groups in total. The minimum absolute atomic E-state index is 0.0497. The van der Waals surface area contributed by atoms with Gasteiger partial charge in [0.05, 0.1) is 6.04 Å². The van der Waals surface area contributed by atoms with Gasteiger partial charge in [0.25, 0.3) is 0 Å². The Labute approximate surface area is 231 Å². The monoisotopic (exact) mass is 562 g/mol. The van der Waals surface area contributed by atoms with Crippen LogP contribution in [0.4, 0.5) is 0 Å². The second kappa shape index (κ2) is 24.6. The Morgan fingerprint density at radius 3 is 2.08 bits per heavy atom. The van der Waals surface area contributed by atoms with Crippen LogP contribution < -0.4 is 33.2 Å². The van der Waals surface area contributed by atoms with Gasteiger partial charge >= 0.3 is 0 Å². The van der Waals surface area contributed by atoms with Crippen molar-refractivity contribution in [3.8, 4) is 0 Å². The highest BCUT2D eigenvalue weighted by molar-refractivity contribution is 8.76. The Hall–Kier alpha value is -1.70. The summed E-state index contributed by atoms with van der Waals surface area (Å²) in [7, 11) is 5.46. The first-order valence-corrected chi connectivity index (χ1v) is 15.8. The van der Waals surface area contributed by atoms with Gasteiger partial charge in [0.1, 0.15) is 0 Å². The first-order valence-electron chi connectivity index (χ1n) is 13.3. The molecule has 37 heavy (non-hydrogen) atoms. The van der Waals surface area contributed by atoms with Crippen LogP contribution in [0.1, 0.15) is 64.7 Å². The number of rotatable bonds is 24. The van der Waals surface area contributed by atoms with Gasteiger partial charge in [-0.1, -0.05) is 41.4 Å². The number of hydrogen-bond acceptors (Lipinski definition) is 8. The predicted molar refractivity (Wildman–Crippen MR) is 157 cm³/mol. The van der Waals surface area contributed by atoms with Crippen LogP contribution in [0.5, 0.6) is 0 Å². The SMILES string of the molecule is CCCC(=O)NCCSSCCNC(=O)CCN(C)CCCCCCNC(=O)[C@@H](N)CCCN=C(N)N. The average molecular weight is 563 g/mol. The van der Waals surface area contributed by atoms with Gasteiger partial charge in [-0.3, -0.25) is 19.4 Å². The van der Waals surface area contributed by atoms with Crippen molar-refractivity contribution in [1.29, 1.82) is 0 Å². The summed E-state index contributed by atoms with van der Waals surface area (Å²) >= 11 is 0. The standard InChI is InChI=1S/C24H50N8O3S2/c1-3-9-21(33)28-14-18-36-37-19-15-29-22(34)11-17-32(2)16-7-5-4-6-12-30-23(35)20(25)10-8-13-31-24(26)27/h20H,3-19,25H2,1-2H3,(H,28,33)(H,29,34)(H,30,35)(H4,26,27,31)/t20-/m0/s1. The minimum Gasteiger partial charge on any atom is -0.370 e. The second-order valence-electron chi connectivity index (χ2n) is 8.91. The molecule has 0 saturated carbocycles. The molecule has 0 radical (unpaired) electrons. The highest BCUT2D eigenvalue weighted by Gasteiger charge is 2.12. The van der Waals surface area contributed by atoms with Crippen molar-refractivity contribution in [3.05, 3.63) is 0 Å². The smallest absolute Gasteiger partial charge is 0.236 e. The van der Waals surface area contributed by atoms with Gasteiger partial charge in [-0.15, -0.1) is 0 Å². The van der Waals surface area contributed by atoms with Crippen molar-refractivity contribution in [3.63, 3.8) is 0 Å². The van der Waals surface area contributed by atoms with Crippen molar-refractivity contribution in [2.24, 2.45) is 22.2 Å². The summed E-state index contributed by atoms with van der Waals surface area (Å²) in [5.41, 5.74) is 16.4. The number of hydrogen-bond donors (Lipinski definition) is 6. The molecule has 0 aromatic carbocycles. The summed E-state index contributed by atoms with van der Waals surface area (Å²) in [4.78, 5) is 41.4.